The molecule has 152 valence electrons. The normalized spacial score (nSPS) is 17.9. The Morgan fingerprint density at radius 3 is 2.70 bits per heavy atom. The number of rotatable bonds is 6. The zero-order valence-corrected chi connectivity index (χ0v) is 16.3. The Balaban J connectivity index is 1.62. The van der Waals surface area contributed by atoms with Crippen molar-refractivity contribution in [2.24, 2.45) is 5.92 Å². The molecule has 0 radical (unpaired) electrons. The molecule has 2 heterocycles. The van der Waals surface area contributed by atoms with Crippen molar-refractivity contribution in [1.82, 2.24) is 5.32 Å². The number of nitrogens with one attached hydrogen (secondary N) is 1. The molecule has 1 aliphatic heterocycles. The van der Waals surface area contributed by atoms with Crippen molar-refractivity contribution in [3.8, 4) is 5.75 Å². The Morgan fingerprint density at radius 2 is 2.00 bits per heavy atom. The maximum Gasteiger partial charge on any atom is 0.506 e. The van der Waals surface area contributed by atoms with Crippen LogP contribution < -0.4 is 15.0 Å². The van der Waals surface area contributed by atoms with Gasteiger partial charge in [0.15, 0.2) is 6.54 Å². The molecule has 1 aromatic heterocycles. The van der Waals surface area contributed by atoms with E-state index < -0.39 is 11.9 Å². The van der Waals surface area contributed by atoms with Crippen LogP contribution >= 0.6 is 0 Å². The summed E-state index contributed by atoms with van der Waals surface area (Å²) in [5.41, 5.74) is 0.888. The molecule has 8 nitrogen and oxygen atoms in total. The van der Waals surface area contributed by atoms with Crippen molar-refractivity contribution in [3.05, 3.63) is 72.7 Å². The van der Waals surface area contributed by atoms with E-state index in [1.807, 2.05) is 0 Å². The average Bonchev–Trinajstić information content (AvgIpc) is 3.29. The molecule has 0 bridgehead atoms. The highest BCUT2D eigenvalue weighted by atomic mass is 16.5. The van der Waals surface area contributed by atoms with Crippen molar-refractivity contribution in [2.75, 3.05) is 18.6 Å². The number of hydrogen-bond donors (Lipinski definition) is 1. The average molecular weight is 406 g/mol. The first-order chi connectivity index (χ1) is 14.6. The third-order valence-electron chi connectivity index (χ3n) is 4.89. The first-order valence-electron chi connectivity index (χ1n) is 9.39. The van der Waals surface area contributed by atoms with Crippen molar-refractivity contribution >= 4 is 29.2 Å². The summed E-state index contributed by atoms with van der Waals surface area (Å²) >= 11 is 0. The van der Waals surface area contributed by atoms with E-state index in [1.54, 1.807) is 60.7 Å². The Morgan fingerprint density at radius 1 is 1.20 bits per heavy atom. The predicted molar refractivity (Wildman–Crippen MR) is 108 cm³/mol. The van der Waals surface area contributed by atoms with Gasteiger partial charge in [0.2, 0.25) is 0 Å². The molecule has 1 atom stereocenters. The van der Waals surface area contributed by atoms with Gasteiger partial charge in [0, 0.05) is 0 Å². The van der Waals surface area contributed by atoms with Crippen LogP contribution in [0, 0.1) is 5.92 Å². The maximum atomic E-state index is 13.2. The Kier molecular flexibility index (Phi) is 5.30. The van der Waals surface area contributed by atoms with Gasteiger partial charge in [-0.15, -0.1) is 4.90 Å². The smallest absolute Gasteiger partial charge is 0.497 e. The fourth-order valence-corrected chi connectivity index (χ4v) is 3.39. The molecule has 0 spiro atoms. The van der Waals surface area contributed by atoms with E-state index in [0.717, 1.165) is 4.90 Å². The maximum absolute atomic E-state index is 13.2. The molecule has 2 aliphatic rings. The molecule has 1 aliphatic carbocycles. The Bertz CT molecular complexity index is 1060. The SMILES string of the molecule is COc1ccc(N2C(=O)C3C=CC=CC3=[N+](CC(=O)NCc3ccco3)C2=O)cc1. The van der Waals surface area contributed by atoms with Crippen molar-refractivity contribution in [2.45, 2.75) is 6.54 Å². The topological polar surface area (TPSA) is 91.9 Å². The fraction of sp³-hybridized carbons (Fsp3) is 0.182. The lowest BCUT2D eigenvalue weighted by Crippen LogP contribution is -2.56. The summed E-state index contributed by atoms with van der Waals surface area (Å²) in [5, 5.41) is 2.73. The zero-order valence-electron chi connectivity index (χ0n) is 16.3. The number of methoxy groups -OCH3 is 1. The molecular weight excluding hydrogens is 386 g/mol. The lowest BCUT2D eigenvalue weighted by molar-refractivity contribution is -0.417. The standard InChI is InChI=1S/C22H19N3O5/c1-29-16-10-8-15(9-11-16)25-21(27)18-6-2-3-7-19(18)24(22(25)28)14-20(26)23-13-17-5-4-12-30-17/h2-12,18H,13-14H2,1H3/p+1. The number of ether oxygens (including phenoxy) is 1. The Labute approximate surface area is 172 Å². The summed E-state index contributed by atoms with van der Waals surface area (Å²) in [6.07, 6.45) is 8.42. The van der Waals surface area contributed by atoms with Crippen LogP contribution in [-0.2, 0) is 16.1 Å². The van der Waals surface area contributed by atoms with Gasteiger partial charge >= 0.3 is 11.9 Å². The molecule has 1 aromatic carbocycles. The van der Waals surface area contributed by atoms with Crippen molar-refractivity contribution in [3.63, 3.8) is 0 Å². The van der Waals surface area contributed by atoms with Gasteiger partial charge in [-0.05, 0) is 42.5 Å². The highest BCUT2D eigenvalue weighted by molar-refractivity contribution is 6.26. The molecule has 0 saturated carbocycles. The number of nitrogens with zero attached hydrogens (tertiary/aromatic N) is 2. The number of anilines is 1. The summed E-state index contributed by atoms with van der Waals surface area (Å²) in [7, 11) is 1.54. The van der Waals surface area contributed by atoms with Gasteiger partial charge in [-0.3, -0.25) is 4.79 Å². The quantitative estimate of drug-likeness (QED) is 0.743. The van der Waals surface area contributed by atoms with Gasteiger partial charge < -0.3 is 14.5 Å². The molecular formula is C22H20N3O5+. The van der Waals surface area contributed by atoms with Crippen LogP contribution in [0.1, 0.15) is 5.76 Å². The number of carbonyl (C=O) groups is 3. The number of allylic oxidation sites excluding steroid dienone is 3. The monoisotopic (exact) mass is 406 g/mol. The lowest BCUT2D eigenvalue weighted by atomic mass is 9.94. The number of imide groups is 1. The summed E-state index contributed by atoms with van der Waals surface area (Å²) < 4.78 is 11.7. The van der Waals surface area contributed by atoms with Gasteiger partial charge in [0.1, 0.15) is 28.8 Å². The van der Waals surface area contributed by atoms with Crippen LogP contribution in [0.15, 0.2) is 71.4 Å². The lowest BCUT2D eigenvalue weighted by Gasteiger charge is -2.26. The predicted octanol–water partition coefficient (Wildman–Crippen LogP) is 2.27. The molecule has 2 aromatic rings. The number of amides is 4. The summed E-state index contributed by atoms with van der Waals surface area (Å²) in [6, 6.07) is 9.51. The minimum Gasteiger partial charge on any atom is -0.497 e. The van der Waals surface area contributed by atoms with Crippen molar-refractivity contribution in [1.29, 1.82) is 0 Å². The Hall–Kier alpha value is -3.94. The van der Waals surface area contributed by atoms with Gasteiger partial charge in [-0.2, -0.15) is 9.37 Å². The highest BCUT2D eigenvalue weighted by Gasteiger charge is 2.48. The van der Waals surface area contributed by atoms with Crippen LogP contribution in [0.25, 0.3) is 0 Å². The van der Waals surface area contributed by atoms with E-state index in [4.69, 9.17) is 9.15 Å². The van der Waals surface area contributed by atoms with E-state index in [9.17, 15) is 14.4 Å². The minimum absolute atomic E-state index is 0.212. The number of carbonyl (C=O) groups excluding carboxylic acids is 3. The second-order valence-corrected chi connectivity index (χ2v) is 6.74. The van der Waals surface area contributed by atoms with Gasteiger partial charge in [0.25, 0.3) is 5.91 Å². The van der Waals surface area contributed by atoms with E-state index in [1.165, 1.54) is 17.9 Å². The van der Waals surface area contributed by atoms with Crippen LogP contribution in [0.4, 0.5) is 10.5 Å². The molecule has 0 fully saturated rings. The third kappa shape index (κ3) is 3.67. The second-order valence-electron chi connectivity index (χ2n) is 6.74. The van der Waals surface area contributed by atoms with Gasteiger partial charge in [0.05, 0.1) is 19.9 Å². The van der Waals surface area contributed by atoms with E-state index in [-0.39, 0.29) is 24.9 Å². The first kappa shape index (κ1) is 19.4. The molecule has 1 N–H and O–H groups in total. The fourth-order valence-electron chi connectivity index (χ4n) is 3.39. The zero-order chi connectivity index (χ0) is 21.1. The summed E-state index contributed by atoms with van der Waals surface area (Å²) in [6.45, 7) is -0.00696. The number of urea groups is 1. The van der Waals surface area contributed by atoms with E-state index >= 15 is 0 Å². The molecule has 1 unspecified atom stereocenters. The largest absolute Gasteiger partial charge is 0.506 e. The molecule has 4 amide bonds. The van der Waals surface area contributed by atoms with E-state index in [2.05, 4.69) is 5.32 Å². The summed E-state index contributed by atoms with van der Waals surface area (Å²) in [4.78, 5) is 39.9. The van der Waals surface area contributed by atoms with Crippen LogP contribution in [0.3, 0.4) is 0 Å². The van der Waals surface area contributed by atoms with Gasteiger partial charge in [-0.1, -0.05) is 18.2 Å². The van der Waals surface area contributed by atoms with Crippen LogP contribution in [0.2, 0.25) is 0 Å². The summed E-state index contributed by atoms with van der Waals surface area (Å²) in [5.74, 6) is -0.161. The molecule has 8 heteroatoms. The first-order valence-corrected chi connectivity index (χ1v) is 9.39. The van der Waals surface area contributed by atoms with Crippen molar-refractivity contribution < 1.29 is 28.1 Å². The van der Waals surface area contributed by atoms with Crippen LogP contribution in [0.5, 0.6) is 5.75 Å². The number of fused-ring (bicyclic) bond motifs is 1. The molecule has 30 heavy (non-hydrogen) atoms. The molecule has 0 saturated heterocycles. The number of benzene rings is 1. The van der Waals surface area contributed by atoms with Gasteiger partial charge in [-0.25, -0.2) is 4.79 Å². The second kappa shape index (κ2) is 8.20. The van der Waals surface area contributed by atoms with Crippen LogP contribution in [-0.4, -0.2) is 41.8 Å². The van der Waals surface area contributed by atoms with E-state index in [0.29, 0.717) is 22.9 Å². The number of hydrogen-bond acceptors (Lipinski definition) is 5. The minimum atomic E-state index is -0.646. The third-order valence-corrected chi connectivity index (χ3v) is 4.89. The molecule has 4 rings (SSSR count). The highest BCUT2D eigenvalue weighted by Crippen LogP contribution is 2.26. The number of furan rings is 1.